The van der Waals surface area contributed by atoms with Crippen molar-refractivity contribution in [1.82, 2.24) is 15.1 Å². The molecule has 3 aromatic rings. The van der Waals surface area contributed by atoms with E-state index in [0.717, 1.165) is 36.9 Å². The van der Waals surface area contributed by atoms with Crippen molar-refractivity contribution in [3.05, 3.63) is 64.6 Å². The predicted molar refractivity (Wildman–Crippen MR) is 112 cm³/mol. The largest absolute Gasteiger partial charge is 0.479 e. The topological polar surface area (TPSA) is 78.4 Å². The molecule has 30 heavy (non-hydrogen) atoms. The van der Waals surface area contributed by atoms with E-state index >= 15 is 0 Å². The molecule has 1 aliphatic heterocycles. The van der Waals surface area contributed by atoms with Crippen molar-refractivity contribution in [2.45, 2.75) is 24.4 Å². The van der Waals surface area contributed by atoms with Gasteiger partial charge in [-0.2, -0.15) is 5.10 Å². The monoisotopic (exact) mass is 431 g/mol. The molecule has 1 aromatic heterocycles. The highest BCUT2D eigenvalue weighted by molar-refractivity contribution is 6.31. The Balaban J connectivity index is 1.66. The Labute approximate surface area is 178 Å². The lowest BCUT2D eigenvalue weighted by Crippen LogP contribution is -2.44. The summed E-state index contributed by atoms with van der Waals surface area (Å²) in [5.41, 5.74) is 1.59. The van der Waals surface area contributed by atoms with Gasteiger partial charge in [0, 0.05) is 21.4 Å². The number of ether oxygens (including phenoxy) is 1. The molecular formula is C22H23ClFN3O3. The van der Waals surface area contributed by atoms with E-state index in [2.05, 4.69) is 22.1 Å². The van der Waals surface area contributed by atoms with E-state index in [1.165, 1.54) is 12.1 Å². The fraction of sp³-hybridized carbons (Fsp3) is 0.364. The molecule has 2 aromatic carbocycles. The number of likely N-dealkylation sites (tertiary alicyclic amines) is 1. The zero-order valence-corrected chi connectivity index (χ0v) is 17.3. The van der Waals surface area contributed by atoms with Crippen LogP contribution in [0.15, 0.2) is 42.6 Å². The third kappa shape index (κ3) is 4.05. The highest BCUT2D eigenvalue weighted by Gasteiger charge is 2.38. The highest BCUT2D eigenvalue weighted by atomic mass is 35.5. The summed E-state index contributed by atoms with van der Waals surface area (Å²) < 4.78 is 19.6. The molecule has 0 bridgehead atoms. The number of aliphatic carboxylic acids is 1. The summed E-state index contributed by atoms with van der Waals surface area (Å²) in [5.74, 6) is -1.40. The lowest BCUT2D eigenvalue weighted by molar-refractivity contribution is -0.152. The maximum atomic E-state index is 13.5. The molecule has 0 radical (unpaired) electrons. The standard InChI is InChI=1S/C22H23ClFN3O3/c1-27-8-6-22(7-9-27,15-2-4-17(24)5-3-15)13-30-20(21(28)29)18-11-16(23)10-14-12-25-26-19(14)18/h2-5,10-12,20H,6-9,13H2,1H3,(H,25,26)(H,28,29). The maximum absolute atomic E-state index is 13.5. The van der Waals surface area contributed by atoms with Crippen molar-refractivity contribution in [1.29, 1.82) is 0 Å². The molecule has 1 atom stereocenters. The van der Waals surface area contributed by atoms with Gasteiger partial charge in [0.05, 0.1) is 18.3 Å². The van der Waals surface area contributed by atoms with Crippen LogP contribution in [0.4, 0.5) is 4.39 Å². The third-order valence-electron chi connectivity index (χ3n) is 5.98. The van der Waals surface area contributed by atoms with Crippen LogP contribution in [0, 0.1) is 5.82 Å². The lowest BCUT2D eigenvalue weighted by atomic mass is 9.73. The quantitative estimate of drug-likeness (QED) is 0.612. The van der Waals surface area contributed by atoms with Gasteiger partial charge in [-0.05, 0) is 62.8 Å². The molecule has 4 rings (SSSR count). The molecule has 158 valence electrons. The molecule has 6 nitrogen and oxygen atoms in total. The van der Waals surface area contributed by atoms with Crippen molar-refractivity contribution in [2.24, 2.45) is 0 Å². The first-order valence-electron chi connectivity index (χ1n) is 9.79. The molecular weight excluding hydrogens is 409 g/mol. The van der Waals surface area contributed by atoms with Crippen LogP contribution in [-0.4, -0.2) is 52.9 Å². The molecule has 8 heteroatoms. The highest BCUT2D eigenvalue weighted by Crippen LogP contribution is 2.38. The average Bonchev–Trinajstić information content (AvgIpc) is 3.18. The van der Waals surface area contributed by atoms with E-state index in [-0.39, 0.29) is 17.8 Å². The minimum Gasteiger partial charge on any atom is -0.479 e. The second-order valence-electron chi connectivity index (χ2n) is 7.95. The number of nitrogens with one attached hydrogen (secondary N) is 1. The average molecular weight is 432 g/mol. The summed E-state index contributed by atoms with van der Waals surface area (Å²) in [5, 5.41) is 17.9. The first kappa shape index (κ1) is 20.8. The minimum atomic E-state index is -1.20. The molecule has 2 heterocycles. The van der Waals surface area contributed by atoms with Gasteiger partial charge in [-0.1, -0.05) is 23.7 Å². The SMILES string of the molecule is CN1CCC(COC(C(=O)O)c2cc(Cl)cc3cn[nH]c23)(c2ccc(F)cc2)CC1. The molecule has 2 N–H and O–H groups in total. The number of H-pyrrole nitrogens is 1. The van der Waals surface area contributed by atoms with Gasteiger partial charge in [-0.3, -0.25) is 5.10 Å². The Morgan fingerprint density at radius 3 is 2.70 bits per heavy atom. The minimum absolute atomic E-state index is 0.200. The van der Waals surface area contributed by atoms with Crippen LogP contribution in [0.5, 0.6) is 0 Å². The molecule has 1 saturated heterocycles. The van der Waals surface area contributed by atoms with Crippen LogP contribution in [0.2, 0.25) is 5.02 Å². The van der Waals surface area contributed by atoms with Gasteiger partial charge in [0.1, 0.15) is 5.82 Å². The van der Waals surface area contributed by atoms with E-state index in [4.69, 9.17) is 16.3 Å². The van der Waals surface area contributed by atoms with Gasteiger partial charge in [0.25, 0.3) is 0 Å². The number of carboxylic acid groups (broad SMARTS) is 1. The number of benzene rings is 2. The number of aromatic amines is 1. The summed E-state index contributed by atoms with van der Waals surface area (Å²) in [6, 6.07) is 9.74. The number of hydrogen-bond acceptors (Lipinski definition) is 4. The number of hydrogen-bond donors (Lipinski definition) is 2. The molecule has 0 aliphatic carbocycles. The van der Waals surface area contributed by atoms with Crippen molar-refractivity contribution in [3.63, 3.8) is 0 Å². The number of carbonyl (C=O) groups is 1. The van der Waals surface area contributed by atoms with E-state index < -0.39 is 12.1 Å². The smallest absolute Gasteiger partial charge is 0.337 e. The summed E-state index contributed by atoms with van der Waals surface area (Å²) in [7, 11) is 2.05. The summed E-state index contributed by atoms with van der Waals surface area (Å²) in [6.45, 7) is 1.90. The Kier molecular flexibility index (Phi) is 5.77. The molecule has 1 aliphatic rings. The summed E-state index contributed by atoms with van der Waals surface area (Å²) in [4.78, 5) is 14.4. The molecule has 0 spiro atoms. The third-order valence-corrected chi connectivity index (χ3v) is 6.20. The van der Waals surface area contributed by atoms with Gasteiger partial charge in [-0.15, -0.1) is 0 Å². The first-order valence-corrected chi connectivity index (χ1v) is 10.2. The van der Waals surface area contributed by atoms with Crippen LogP contribution in [0.3, 0.4) is 0 Å². The van der Waals surface area contributed by atoms with Crippen LogP contribution >= 0.6 is 11.6 Å². The predicted octanol–water partition coefficient (Wildman–Crippen LogP) is 4.16. The van der Waals surface area contributed by atoms with Crippen molar-refractivity contribution >= 4 is 28.5 Å². The molecule has 0 saturated carbocycles. The number of nitrogens with zero attached hydrogens (tertiary/aromatic N) is 2. The second kappa shape index (κ2) is 8.34. The van der Waals surface area contributed by atoms with E-state index in [9.17, 15) is 14.3 Å². The normalized spacial score (nSPS) is 17.8. The summed E-state index contributed by atoms with van der Waals surface area (Å²) >= 11 is 6.20. The summed E-state index contributed by atoms with van der Waals surface area (Å²) in [6.07, 6.45) is 1.97. The van der Waals surface area contributed by atoms with Crippen molar-refractivity contribution in [2.75, 3.05) is 26.7 Å². The number of aromatic nitrogens is 2. The molecule has 1 fully saturated rings. The van der Waals surface area contributed by atoms with E-state index in [1.807, 2.05) is 0 Å². The lowest BCUT2D eigenvalue weighted by Gasteiger charge is -2.41. The van der Waals surface area contributed by atoms with Crippen molar-refractivity contribution in [3.8, 4) is 0 Å². The fourth-order valence-electron chi connectivity index (χ4n) is 4.16. The Hall–Kier alpha value is -2.48. The second-order valence-corrected chi connectivity index (χ2v) is 8.39. The Morgan fingerprint density at radius 1 is 1.33 bits per heavy atom. The Morgan fingerprint density at radius 2 is 2.03 bits per heavy atom. The molecule has 0 amide bonds. The van der Waals surface area contributed by atoms with Crippen LogP contribution in [0.25, 0.3) is 10.9 Å². The fourth-order valence-corrected chi connectivity index (χ4v) is 4.39. The number of fused-ring (bicyclic) bond motifs is 1. The van der Waals surface area contributed by atoms with Gasteiger partial charge in [0.2, 0.25) is 0 Å². The van der Waals surface area contributed by atoms with E-state index in [1.54, 1.807) is 30.5 Å². The number of piperidine rings is 1. The van der Waals surface area contributed by atoms with Crippen LogP contribution in [0.1, 0.15) is 30.1 Å². The zero-order chi connectivity index (χ0) is 21.3. The first-order chi connectivity index (χ1) is 14.4. The zero-order valence-electron chi connectivity index (χ0n) is 16.6. The van der Waals surface area contributed by atoms with Crippen LogP contribution in [-0.2, 0) is 14.9 Å². The van der Waals surface area contributed by atoms with Crippen LogP contribution < -0.4 is 0 Å². The van der Waals surface area contributed by atoms with E-state index in [0.29, 0.717) is 16.1 Å². The van der Waals surface area contributed by atoms with Gasteiger partial charge in [-0.25, -0.2) is 9.18 Å². The maximum Gasteiger partial charge on any atom is 0.337 e. The number of rotatable bonds is 6. The van der Waals surface area contributed by atoms with Gasteiger partial charge < -0.3 is 14.7 Å². The van der Waals surface area contributed by atoms with Crippen molar-refractivity contribution < 1.29 is 19.0 Å². The molecule has 1 unspecified atom stereocenters. The number of halogens is 2. The Bertz CT molecular complexity index is 1050. The van der Waals surface area contributed by atoms with Gasteiger partial charge in [0.15, 0.2) is 6.10 Å². The number of carboxylic acids is 1. The van der Waals surface area contributed by atoms with Gasteiger partial charge >= 0.3 is 5.97 Å².